The summed E-state index contributed by atoms with van der Waals surface area (Å²) in [6.07, 6.45) is 1.52. The van der Waals surface area contributed by atoms with E-state index in [9.17, 15) is 13.2 Å². The van der Waals surface area contributed by atoms with Gasteiger partial charge in [0.2, 0.25) is 10.0 Å². The maximum absolute atomic E-state index is 12.4. The first-order valence-electron chi connectivity index (χ1n) is 9.03. The largest absolute Gasteiger partial charge is 0.323 e. The van der Waals surface area contributed by atoms with Gasteiger partial charge in [-0.15, -0.1) is 0 Å². The van der Waals surface area contributed by atoms with E-state index in [0.29, 0.717) is 24.3 Å². The first-order valence-corrected chi connectivity index (χ1v) is 10.7. The average Bonchev–Trinajstić information content (AvgIpc) is 2.62. The second kappa shape index (κ2) is 9.41. The third-order valence-corrected chi connectivity index (χ3v) is 5.55. The number of nitrogens with one attached hydrogen (secondary N) is 2. The molecule has 27 heavy (non-hydrogen) atoms. The van der Waals surface area contributed by atoms with Crippen molar-refractivity contribution in [1.82, 2.24) is 4.90 Å². The minimum Gasteiger partial charge on any atom is -0.323 e. The minimum absolute atomic E-state index is 0.0587. The van der Waals surface area contributed by atoms with Crippen LogP contribution in [0.25, 0.3) is 0 Å². The molecule has 0 spiro atoms. The molecule has 6 nitrogen and oxygen atoms in total. The summed E-state index contributed by atoms with van der Waals surface area (Å²) >= 11 is 0. The van der Waals surface area contributed by atoms with Crippen molar-refractivity contribution in [2.75, 3.05) is 22.8 Å². The number of hydrogen-bond donors (Lipinski definition) is 2. The molecule has 7 heteroatoms. The van der Waals surface area contributed by atoms with Gasteiger partial charge in [-0.3, -0.25) is 4.72 Å². The summed E-state index contributed by atoms with van der Waals surface area (Å²) in [6.45, 7) is 4.39. The third kappa shape index (κ3) is 6.60. The van der Waals surface area contributed by atoms with Crippen LogP contribution in [0.3, 0.4) is 0 Å². The Labute approximate surface area is 161 Å². The molecule has 2 rings (SSSR count). The highest BCUT2D eigenvalue weighted by Gasteiger charge is 2.12. The van der Waals surface area contributed by atoms with E-state index in [4.69, 9.17) is 0 Å². The van der Waals surface area contributed by atoms with Crippen LogP contribution < -0.4 is 10.0 Å². The van der Waals surface area contributed by atoms with Crippen LogP contribution in [0, 0.1) is 0 Å². The van der Waals surface area contributed by atoms with E-state index in [1.165, 1.54) is 5.56 Å². The fraction of sp³-hybridized carbons (Fsp3) is 0.350. The van der Waals surface area contributed by atoms with Gasteiger partial charge in [-0.05, 0) is 42.2 Å². The van der Waals surface area contributed by atoms with Crippen molar-refractivity contribution in [3.05, 3.63) is 59.7 Å². The molecule has 0 aromatic heterocycles. The standard InChI is InChI=1S/C20H27N3O3S/c1-4-13-27(25,26)22-19-8-6-7-18(14-19)21-20(24)23(3)15-17-11-9-16(5-2)10-12-17/h6-12,14,22H,4-5,13,15H2,1-3H3,(H,21,24). The van der Waals surface area contributed by atoms with Crippen molar-refractivity contribution in [3.8, 4) is 0 Å². The highest BCUT2D eigenvalue weighted by atomic mass is 32.2. The quantitative estimate of drug-likeness (QED) is 0.714. The molecule has 0 saturated carbocycles. The molecule has 0 heterocycles. The zero-order chi connectivity index (χ0) is 19.9. The van der Waals surface area contributed by atoms with E-state index in [0.717, 1.165) is 12.0 Å². The van der Waals surface area contributed by atoms with E-state index in [-0.39, 0.29) is 11.8 Å². The first-order chi connectivity index (χ1) is 12.8. The number of benzene rings is 2. The fourth-order valence-corrected chi connectivity index (χ4v) is 3.73. The average molecular weight is 390 g/mol. The van der Waals surface area contributed by atoms with Crippen LogP contribution in [0.5, 0.6) is 0 Å². The van der Waals surface area contributed by atoms with Gasteiger partial charge in [0.15, 0.2) is 0 Å². The number of sulfonamides is 1. The summed E-state index contributed by atoms with van der Waals surface area (Å²) in [5.74, 6) is 0.0587. The summed E-state index contributed by atoms with van der Waals surface area (Å²) in [7, 11) is -1.65. The van der Waals surface area contributed by atoms with Crippen molar-refractivity contribution in [3.63, 3.8) is 0 Å². The molecular formula is C20H27N3O3S. The van der Waals surface area contributed by atoms with Crippen molar-refractivity contribution in [1.29, 1.82) is 0 Å². The summed E-state index contributed by atoms with van der Waals surface area (Å²) in [5, 5.41) is 2.79. The first kappa shape index (κ1) is 20.8. The summed E-state index contributed by atoms with van der Waals surface area (Å²) in [4.78, 5) is 14.0. The Kier molecular flexibility index (Phi) is 7.24. The Bertz CT molecular complexity index is 864. The molecular weight excluding hydrogens is 362 g/mol. The SMILES string of the molecule is CCCS(=O)(=O)Nc1cccc(NC(=O)N(C)Cc2ccc(CC)cc2)c1. The number of rotatable bonds is 8. The van der Waals surface area contributed by atoms with Crippen LogP contribution in [-0.2, 0) is 23.0 Å². The zero-order valence-electron chi connectivity index (χ0n) is 16.0. The van der Waals surface area contributed by atoms with Crippen molar-refractivity contribution < 1.29 is 13.2 Å². The number of carbonyl (C=O) groups excluding carboxylic acids is 1. The number of anilines is 2. The molecule has 0 unspecified atom stereocenters. The van der Waals surface area contributed by atoms with Gasteiger partial charge in [0.1, 0.15) is 0 Å². The van der Waals surface area contributed by atoms with Crippen LogP contribution in [0.4, 0.5) is 16.2 Å². The number of carbonyl (C=O) groups is 1. The topological polar surface area (TPSA) is 78.5 Å². The fourth-order valence-electron chi connectivity index (χ4n) is 2.60. The van der Waals surface area contributed by atoms with E-state index < -0.39 is 10.0 Å². The van der Waals surface area contributed by atoms with Crippen molar-refractivity contribution in [2.24, 2.45) is 0 Å². The highest BCUT2D eigenvalue weighted by molar-refractivity contribution is 7.92. The molecule has 0 aliphatic carbocycles. The van der Waals surface area contributed by atoms with Gasteiger partial charge in [-0.25, -0.2) is 13.2 Å². The lowest BCUT2D eigenvalue weighted by Crippen LogP contribution is -2.30. The Morgan fingerprint density at radius 1 is 1.00 bits per heavy atom. The molecule has 0 bridgehead atoms. The van der Waals surface area contributed by atoms with E-state index in [1.54, 1.807) is 36.2 Å². The maximum Gasteiger partial charge on any atom is 0.321 e. The number of hydrogen-bond acceptors (Lipinski definition) is 3. The van der Waals surface area contributed by atoms with Gasteiger partial charge < -0.3 is 10.2 Å². The number of urea groups is 1. The molecule has 0 saturated heterocycles. The molecule has 2 aromatic carbocycles. The molecule has 0 aliphatic rings. The molecule has 2 aromatic rings. The molecule has 2 amide bonds. The Hall–Kier alpha value is -2.54. The lowest BCUT2D eigenvalue weighted by Gasteiger charge is -2.18. The van der Waals surface area contributed by atoms with E-state index in [1.807, 2.05) is 19.1 Å². The molecule has 0 atom stereocenters. The van der Waals surface area contributed by atoms with Gasteiger partial charge in [0, 0.05) is 19.3 Å². The molecule has 0 radical (unpaired) electrons. The number of aryl methyl sites for hydroxylation is 1. The second-order valence-electron chi connectivity index (χ2n) is 6.46. The highest BCUT2D eigenvalue weighted by Crippen LogP contribution is 2.17. The van der Waals surface area contributed by atoms with Crippen LogP contribution in [-0.4, -0.2) is 32.1 Å². The molecule has 0 aliphatic heterocycles. The van der Waals surface area contributed by atoms with Crippen molar-refractivity contribution >= 4 is 27.4 Å². The lowest BCUT2D eigenvalue weighted by molar-refractivity contribution is 0.220. The van der Waals surface area contributed by atoms with Crippen LogP contribution in [0.1, 0.15) is 31.4 Å². The lowest BCUT2D eigenvalue weighted by atomic mass is 10.1. The molecule has 0 fully saturated rings. The van der Waals surface area contributed by atoms with Gasteiger partial charge in [0.25, 0.3) is 0 Å². The Morgan fingerprint density at radius 3 is 2.26 bits per heavy atom. The van der Waals surface area contributed by atoms with E-state index in [2.05, 4.69) is 29.1 Å². The summed E-state index contributed by atoms with van der Waals surface area (Å²) in [6, 6.07) is 14.6. The van der Waals surface area contributed by atoms with Crippen LogP contribution >= 0.6 is 0 Å². The number of nitrogens with zero attached hydrogens (tertiary/aromatic N) is 1. The summed E-state index contributed by atoms with van der Waals surface area (Å²) in [5.41, 5.74) is 3.27. The van der Waals surface area contributed by atoms with Gasteiger partial charge >= 0.3 is 6.03 Å². The van der Waals surface area contributed by atoms with Gasteiger partial charge in [-0.2, -0.15) is 0 Å². The number of amides is 2. The maximum atomic E-state index is 12.4. The zero-order valence-corrected chi connectivity index (χ0v) is 16.8. The Morgan fingerprint density at radius 2 is 1.63 bits per heavy atom. The smallest absolute Gasteiger partial charge is 0.321 e. The van der Waals surface area contributed by atoms with Gasteiger partial charge in [-0.1, -0.05) is 44.2 Å². The predicted molar refractivity (Wildman–Crippen MR) is 110 cm³/mol. The minimum atomic E-state index is -3.37. The van der Waals surface area contributed by atoms with E-state index >= 15 is 0 Å². The molecule has 146 valence electrons. The predicted octanol–water partition coefficient (Wildman–Crippen LogP) is 4.06. The molecule has 2 N–H and O–H groups in total. The van der Waals surface area contributed by atoms with Gasteiger partial charge in [0.05, 0.1) is 11.4 Å². The van der Waals surface area contributed by atoms with Crippen LogP contribution in [0.15, 0.2) is 48.5 Å². The Balaban J connectivity index is 1.98. The monoisotopic (exact) mass is 389 g/mol. The summed E-state index contributed by atoms with van der Waals surface area (Å²) < 4.78 is 26.3. The second-order valence-corrected chi connectivity index (χ2v) is 8.30. The normalized spacial score (nSPS) is 11.1. The van der Waals surface area contributed by atoms with Crippen LogP contribution in [0.2, 0.25) is 0 Å². The third-order valence-electron chi connectivity index (χ3n) is 4.06. The van der Waals surface area contributed by atoms with Crippen molar-refractivity contribution in [2.45, 2.75) is 33.2 Å².